The Balaban J connectivity index is 2.09. The molecule has 0 bridgehead atoms. The van der Waals surface area contributed by atoms with Gasteiger partial charge in [0.05, 0.1) is 29.6 Å². The van der Waals surface area contributed by atoms with Crippen molar-refractivity contribution in [3.05, 3.63) is 16.9 Å². The quantitative estimate of drug-likeness (QED) is 0.861. The normalized spacial score (nSPS) is 26.7. The minimum absolute atomic E-state index is 0.128. The lowest BCUT2D eigenvalue weighted by molar-refractivity contribution is -0.146. The number of aromatic nitrogens is 2. The molecule has 0 saturated heterocycles. The Labute approximate surface area is 119 Å². The molecular weight excluding hydrogens is 266 g/mol. The van der Waals surface area contributed by atoms with E-state index in [4.69, 9.17) is 16.3 Å². The van der Waals surface area contributed by atoms with Crippen LogP contribution in [0.1, 0.15) is 25.5 Å². The summed E-state index contributed by atoms with van der Waals surface area (Å²) in [5.41, 5.74) is -0.160. The van der Waals surface area contributed by atoms with E-state index in [1.54, 1.807) is 6.20 Å². The maximum atomic E-state index is 10.7. The Morgan fingerprint density at radius 1 is 1.58 bits per heavy atom. The van der Waals surface area contributed by atoms with Crippen molar-refractivity contribution in [1.82, 2.24) is 14.7 Å². The van der Waals surface area contributed by atoms with E-state index in [1.165, 1.54) is 0 Å². The summed E-state index contributed by atoms with van der Waals surface area (Å²) in [6.45, 7) is 4.21. The number of hydrogen-bond acceptors (Lipinski definition) is 4. The summed E-state index contributed by atoms with van der Waals surface area (Å²) in [7, 11) is 4.02. The molecule has 1 fully saturated rings. The number of halogens is 1. The van der Waals surface area contributed by atoms with Crippen molar-refractivity contribution >= 4 is 11.6 Å². The van der Waals surface area contributed by atoms with Gasteiger partial charge in [0.25, 0.3) is 0 Å². The van der Waals surface area contributed by atoms with E-state index in [9.17, 15) is 5.11 Å². The van der Waals surface area contributed by atoms with Crippen LogP contribution in [0.15, 0.2) is 6.20 Å². The highest BCUT2D eigenvalue weighted by molar-refractivity contribution is 6.31. The van der Waals surface area contributed by atoms with Gasteiger partial charge in [0.2, 0.25) is 0 Å². The first kappa shape index (κ1) is 14.8. The van der Waals surface area contributed by atoms with Crippen LogP contribution in [0.2, 0.25) is 5.02 Å². The van der Waals surface area contributed by atoms with Gasteiger partial charge in [-0.2, -0.15) is 5.10 Å². The minimum atomic E-state index is -0.889. The van der Waals surface area contributed by atoms with Gasteiger partial charge < -0.3 is 14.7 Å². The second-order valence-corrected chi connectivity index (χ2v) is 5.79. The van der Waals surface area contributed by atoms with Crippen molar-refractivity contribution < 1.29 is 9.84 Å². The molecule has 6 heteroatoms. The Kier molecular flexibility index (Phi) is 4.50. The molecule has 1 aliphatic carbocycles. The molecule has 0 aromatic carbocycles. The average Bonchev–Trinajstić information content (AvgIpc) is 2.66. The first-order valence-electron chi connectivity index (χ1n) is 6.67. The lowest BCUT2D eigenvalue weighted by atomic mass is 9.75. The molecule has 0 unspecified atom stereocenters. The Morgan fingerprint density at radius 3 is 2.84 bits per heavy atom. The third-order valence-corrected chi connectivity index (χ3v) is 3.80. The first-order valence-corrected chi connectivity index (χ1v) is 7.04. The molecule has 108 valence electrons. The molecule has 2 rings (SSSR count). The van der Waals surface area contributed by atoms with Crippen LogP contribution in [0.25, 0.3) is 0 Å². The average molecular weight is 288 g/mol. The SMILES string of the molecule is CCOC1CC(O)(c2c(Cl)cnn2CCN(C)C)C1. The second-order valence-electron chi connectivity index (χ2n) is 5.38. The summed E-state index contributed by atoms with van der Waals surface area (Å²) in [6, 6.07) is 0. The van der Waals surface area contributed by atoms with Crippen molar-refractivity contribution in [3.63, 3.8) is 0 Å². The molecule has 0 radical (unpaired) electrons. The van der Waals surface area contributed by atoms with E-state index in [0.29, 0.717) is 24.5 Å². The zero-order valence-electron chi connectivity index (χ0n) is 11.8. The van der Waals surface area contributed by atoms with Crippen LogP contribution in [0, 0.1) is 0 Å². The van der Waals surface area contributed by atoms with Crippen molar-refractivity contribution in [2.24, 2.45) is 0 Å². The maximum absolute atomic E-state index is 10.7. The number of hydrogen-bond donors (Lipinski definition) is 1. The molecule has 0 spiro atoms. The topological polar surface area (TPSA) is 50.5 Å². The fourth-order valence-electron chi connectivity index (χ4n) is 2.53. The fourth-order valence-corrected chi connectivity index (χ4v) is 2.85. The largest absolute Gasteiger partial charge is 0.383 e. The van der Waals surface area contributed by atoms with Gasteiger partial charge in [-0.3, -0.25) is 4.68 Å². The van der Waals surface area contributed by atoms with Gasteiger partial charge in [0.1, 0.15) is 5.60 Å². The van der Waals surface area contributed by atoms with Crippen LogP contribution in [-0.4, -0.2) is 53.1 Å². The molecule has 1 aromatic heterocycles. The van der Waals surface area contributed by atoms with Gasteiger partial charge in [-0.15, -0.1) is 0 Å². The van der Waals surface area contributed by atoms with Crippen molar-refractivity contribution in [1.29, 1.82) is 0 Å². The highest BCUT2D eigenvalue weighted by Gasteiger charge is 2.48. The third kappa shape index (κ3) is 3.11. The molecule has 1 N–H and O–H groups in total. The van der Waals surface area contributed by atoms with Gasteiger partial charge in [0, 0.05) is 26.0 Å². The van der Waals surface area contributed by atoms with Crippen molar-refractivity contribution in [3.8, 4) is 0 Å². The molecule has 0 atom stereocenters. The van der Waals surface area contributed by atoms with E-state index < -0.39 is 5.60 Å². The summed E-state index contributed by atoms with van der Waals surface area (Å²) in [4.78, 5) is 2.08. The van der Waals surface area contributed by atoms with Crippen LogP contribution in [0.4, 0.5) is 0 Å². The predicted molar refractivity (Wildman–Crippen MR) is 74.3 cm³/mol. The van der Waals surface area contributed by atoms with E-state index >= 15 is 0 Å². The Morgan fingerprint density at radius 2 is 2.26 bits per heavy atom. The van der Waals surface area contributed by atoms with Crippen LogP contribution in [0.5, 0.6) is 0 Å². The molecule has 5 nitrogen and oxygen atoms in total. The van der Waals surface area contributed by atoms with E-state index in [-0.39, 0.29) is 6.10 Å². The number of nitrogens with zero attached hydrogens (tertiary/aromatic N) is 3. The van der Waals surface area contributed by atoms with Crippen LogP contribution in [-0.2, 0) is 16.9 Å². The molecule has 1 aliphatic rings. The Hall–Kier alpha value is -0.620. The van der Waals surface area contributed by atoms with Gasteiger partial charge in [-0.05, 0) is 21.0 Å². The van der Waals surface area contributed by atoms with E-state index in [2.05, 4.69) is 10.00 Å². The summed E-state index contributed by atoms with van der Waals surface area (Å²) in [6.07, 6.45) is 2.92. The third-order valence-electron chi connectivity index (χ3n) is 3.53. The maximum Gasteiger partial charge on any atom is 0.113 e. The number of ether oxygens (including phenoxy) is 1. The standard InChI is InChI=1S/C13H22ClN3O2/c1-4-19-10-7-13(18,8-10)12-11(14)9-15-17(12)6-5-16(2)3/h9-10,18H,4-8H2,1-3H3. The van der Waals surface area contributed by atoms with Gasteiger partial charge in [-0.1, -0.05) is 11.6 Å². The lowest BCUT2D eigenvalue weighted by Gasteiger charge is -2.43. The Bertz CT molecular complexity index is 428. The molecule has 19 heavy (non-hydrogen) atoms. The number of rotatable bonds is 6. The van der Waals surface area contributed by atoms with Crippen molar-refractivity contribution in [2.45, 2.75) is 38.0 Å². The summed E-state index contributed by atoms with van der Waals surface area (Å²) in [5.74, 6) is 0. The predicted octanol–water partition coefficient (Wildman–Crippen LogP) is 1.48. The van der Waals surface area contributed by atoms with Crippen LogP contribution in [0.3, 0.4) is 0 Å². The fraction of sp³-hybridized carbons (Fsp3) is 0.769. The minimum Gasteiger partial charge on any atom is -0.383 e. The lowest BCUT2D eigenvalue weighted by Crippen LogP contribution is -2.47. The van der Waals surface area contributed by atoms with Gasteiger partial charge in [-0.25, -0.2) is 0 Å². The molecule has 1 heterocycles. The smallest absolute Gasteiger partial charge is 0.113 e. The molecule has 0 amide bonds. The van der Waals surface area contributed by atoms with Crippen LogP contribution >= 0.6 is 11.6 Å². The summed E-state index contributed by atoms with van der Waals surface area (Å²) in [5, 5.41) is 15.5. The van der Waals surface area contributed by atoms with E-state index in [1.807, 2.05) is 25.7 Å². The van der Waals surface area contributed by atoms with Crippen LogP contribution < -0.4 is 0 Å². The molecule has 1 saturated carbocycles. The first-order chi connectivity index (χ1) is 8.96. The van der Waals surface area contributed by atoms with Gasteiger partial charge >= 0.3 is 0 Å². The molecular formula is C13H22ClN3O2. The van der Waals surface area contributed by atoms with Crippen molar-refractivity contribution in [2.75, 3.05) is 27.2 Å². The molecule has 1 aromatic rings. The summed E-state index contributed by atoms with van der Waals surface area (Å²) < 4.78 is 7.32. The highest BCUT2D eigenvalue weighted by atomic mass is 35.5. The van der Waals surface area contributed by atoms with E-state index in [0.717, 1.165) is 18.8 Å². The number of likely N-dealkylation sites (N-methyl/N-ethyl adjacent to an activating group) is 1. The second kappa shape index (κ2) is 5.79. The number of aliphatic hydroxyl groups is 1. The highest BCUT2D eigenvalue weighted by Crippen LogP contribution is 2.45. The monoisotopic (exact) mass is 287 g/mol. The van der Waals surface area contributed by atoms with Gasteiger partial charge in [0.15, 0.2) is 0 Å². The summed E-state index contributed by atoms with van der Waals surface area (Å²) >= 11 is 6.18. The zero-order chi connectivity index (χ0) is 14.0. The zero-order valence-corrected chi connectivity index (χ0v) is 12.5. The molecule has 0 aliphatic heterocycles.